The molecule has 0 aliphatic carbocycles. The van der Waals surface area contributed by atoms with Gasteiger partial charge in [0.2, 0.25) is 0 Å². The van der Waals surface area contributed by atoms with Gasteiger partial charge in [0.15, 0.2) is 0 Å². The third-order valence-corrected chi connectivity index (χ3v) is 3.12. The second kappa shape index (κ2) is 5.61. The van der Waals surface area contributed by atoms with Crippen LogP contribution in [0.15, 0.2) is 0 Å². The summed E-state index contributed by atoms with van der Waals surface area (Å²) in [6.45, 7) is 13.1. The van der Waals surface area contributed by atoms with Crippen LogP contribution in [0.4, 0.5) is 0 Å². The average Bonchev–Trinajstić information content (AvgIpc) is 2.56. The average molecular weight is 184 g/mol. The Morgan fingerprint density at radius 2 is 1.92 bits per heavy atom. The van der Waals surface area contributed by atoms with Gasteiger partial charge in [-0.15, -0.1) is 0 Å². The van der Waals surface area contributed by atoms with E-state index < -0.39 is 0 Å². The monoisotopic (exact) mass is 184 g/mol. The van der Waals surface area contributed by atoms with Crippen LogP contribution < -0.4 is 0 Å². The zero-order chi connectivity index (χ0) is 9.68. The molecule has 1 aliphatic heterocycles. The summed E-state index contributed by atoms with van der Waals surface area (Å²) < 4.78 is 0. The number of hydrogen-bond donors (Lipinski definition) is 0. The summed E-state index contributed by atoms with van der Waals surface area (Å²) >= 11 is 0. The van der Waals surface area contributed by atoms with Crippen LogP contribution in [0.5, 0.6) is 0 Å². The van der Waals surface area contributed by atoms with Crippen LogP contribution >= 0.6 is 0 Å². The summed E-state index contributed by atoms with van der Waals surface area (Å²) in [5, 5.41) is 0. The maximum Gasteiger partial charge on any atom is 0.0235 e. The lowest BCUT2D eigenvalue weighted by Gasteiger charge is -2.26. The first-order chi connectivity index (χ1) is 6.31. The first-order valence-electron chi connectivity index (χ1n) is 5.78. The van der Waals surface area contributed by atoms with E-state index in [2.05, 4.69) is 30.6 Å². The normalized spacial score (nSPS) is 24.5. The van der Waals surface area contributed by atoms with Gasteiger partial charge >= 0.3 is 0 Å². The lowest BCUT2D eigenvalue weighted by atomic mass is 10.2. The van der Waals surface area contributed by atoms with Gasteiger partial charge in [0.05, 0.1) is 0 Å². The van der Waals surface area contributed by atoms with Crippen molar-refractivity contribution in [1.82, 2.24) is 9.80 Å². The highest BCUT2D eigenvalue weighted by molar-refractivity contribution is 4.82. The molecular weight excluding hydrogens is 160 g/mol. The summed E-state index contributed by atoms with van der Waals surface area (Å²) in [5.41, 5.74) is 0. The van der Waals surface area contributed by atoms with Crippen LogP contribution in [-0.4, -0.2) is 48.6 Å². The molecule has 0 saturated carbocycles. The smallest absolute Gasteiger partial charge is 0.0235 e. The van der Waals surface area contributed by atoms with Gasteiger partial charge in [0.1, 0.15) is 0 Å². The molecule has 1 atom stereocenters. The summed E-state index contributed by atoms with van der Waals surface area (Å²) in [7, 11) is 0. The van der Waals surface area contributed by atoms with Crippen LogP contribution in [0.1, 0.15) is 33.6 Å². The molecule has 2 heteroatoms. The Morgan fingerprint density at radius 3 is 2.46 bits per heavy atom. The zero-order valence-electron chi connectivity index (χ0n) is 9.42. The van der Waals surface area contributed by atoms with Crippen LogP contribution in [0.3, 0.4) is 0 Å². The van der Waals surface area contributed by atoms with E-state index in [9.17, 15) is 0 Å². The van der Waals surface area contributed by atoms with E-state index in [1.807, 2.05) is 0 Å². The SMILES string of the molecule is CCCN1CCC(N(CC)CC)C1. The van der Waals surface area contributed by atoms with E-state index in [-0.39, 0.29) is 0 Å². The van der Waals surface area contributed by atoms with E-state index in [4.69, 9.17) is 0 Å². The minimum Gasteiger partial charge on any atom is -0.302 e. The molecule has 1 unspecified atom stereocenters. The van der Waals surface area contributed by atoms with E-state index in [0.29, 0.717) is 0 Å². The maximum atomic E-state index is 2.60. The van der Waals surface area contributed by atoms with Gasteiger partial charge in [0, 0.05) is 12.6 Å². The van der Waals surface area contributed by atoms with Gasteiger partial charge in [-0.3, -0.25) is 4.90 Å². The van der Waals surface area contributed by atoms with Crippen molar-refractivity contribution in [1.29, 1.82) is 0 Å². The number of rotatable bonds is 5. The van der Waals surface area contributed by atoms with Crippen molar-refractivity contribution >= 4 is 0 Å². The molecule has 0 bridgehead atoms. The molecule has 0 N–H and O–H groups in total. The van der Waals surface area contributed by atoms with Gasteiger partial charge < -0.3 is 4.90 Å². The van der Waals surface area contributed by atoms with Crippen molar-refractivity contribution in [3.8, 4) is 0 Å². The van der Waals surface area contributed by atoms with E-state index in [1.165, 1.54) is 45.6 Å². The van der Waals surface area contributed by atoms with Gasteiger partial charge in [0.25, 0.3) is 0 Å². The molecule has 1 rings (SSSR count). The van der Waals surface area contributed by atoms with E-state index >= 15 is 0 Å². The fraction of sp³-hybridized carbons (Fsp3) is 1.00. The molecule has 1 heterocycles. The Hall–Kier alpha value is -0.0800. The summed E-state index contributed by atoms with van der Waals surface area (Å²) in [6.07, 6.45) is 2.67. The third-order valence-electron chi connectivity index (χ3n) is 3.12. The molecule has 1 saturated heterocycles. The minimum atomic E-state index is 0.835. The minimum absolute atomic E-state index is 0.835. The third kappa shape index (κ3) is 2.96. The van der Waals surface area contributed by atoms with E-state index in [0.717, 1.165) is 6.04 Å². The van der Waals surface area contributed by atoms with Crippen LogP contribution in [0.2, 0.25) is 0 Å². The molecule has 0 aromatic carbocycles. The number of likely N-dealkylation sites (tertiary alicyclic amines) is 1. The van der Waals surface area contributed by atoms with Gasteiger partial charge in [-0.1, -0.05) is 20.8 Å². The van der Waals surface area contributed by atoms with Gasteiger partial charge in [-0.2, -0.15) is 0 Å². The van der Waals surface area contributed by atoms with Gasteiger partial charge in [-0.05, 0) is 39.0 Å². The van der Waals surface area contributed by atoms with Crippen molar-refractivity contribution in [2.24, 2.45) is 0 Å². The molecule has 0 radical (unpaired) electrons. The van der Waals surface area contributed by atoms with E-state index in [1.54, 1.807) is 0 Å². The Kier molecular flexibility index (Phi) is 4.74. The second-order valence-corrected chi connectivity index (χ2v) is 3.96. The topological polar surface area (TPSA) is 6.48 Å². The molecule has 0 aromatic rings. The largest absolute Gasteiger partial charge is 0.302 e. The Bertz CT molecular complexity index is 132. The quantitative estimate of drug-likeness (QED) is 0.643. The lowest BCUT2D eigenvalue weighted by molar-refractivity contribution is 0.211. The number of nitrogens with zero attached hydrogens (tertiary/aromatic N) is 2. The molecule has 0 aromatic heterocycles. The Balaban J connectivity index is 2.30. The standard InChI is InChI=1S/C11H24N2/c1-4-8-12-9-7-11(10-12)13(5-2)6-3/h11H,4-10H2,1-3H3. The zero-order valence-corrected chi connectivity index (χ0v) is 9.42. The highest BCUT2D eigenvalue weighted by Gasteiger charge is 2.24. The first kappa shape index (κ1) is 11.0. The predicted molar refractivity (Wildman–Crippen MR) is 58.1 cm³/mol. The Labute approximate surface area is 82.9 Å². The second-order valence-electron chi connectivity index (χ2n) is 3.96. The molecule has 2 nitrogen and oxygen atoms in total. The Morgan fingerprint density at radius 1 is 1.23 bits per heavy atom. The summed E-state index contributed by atoms with van der Waals surface area (Å²) in [5.74, 6) is 0. The predicted octanol–water partition coefficient (Wildman–Crippen LogP) is 1.81. The van der Waals surface area contributed by atoms with Crippen molar-refractivity contribution in [3.05, 3.63) is 0 Å². The lowest BCUT2D eigenvalue weighted by Crippen LogP contribution is -2.37. The van der Waals surface area contributed by atoms with Crippen LogP contribution in [0, 0.1) is 0 Å². The molecule has 1 fully saturated rings. The van der Waals surface area contributed by atoms with Crippen LogP contribution in [-0.2, 0) is 0 Å². The fourth-order valence-electron chi connectivity index (χ4n) is 2.37. The van der Waals surface area contributed by atoms with Crippen molar-refractivity contribution in [3.63, 3.8) is 0 Å². The summed E-state index contributed by atoms with van der Waals surface area (Å²) in [6, 6.07) is 0.835. The number of likely N-dealkylation sites (N-methyl/N-ethyl adjacent to an activating group) is 1. The molecule has 78 valence electrons. The van der Waals surface area contributed by atoms with Crippen LogP contribution in [0.25, 0.3) is 0 Å². The van der Waals surface area contributed by atoms with Gasteiger partial charge in [-0.25, -0.2) is 0 Å². The molecule has 13 heavy (non-hydrogen) atoms. The highest BCUT2D eigenvalue weighted by Crippen LogP contribution is 2.15. The molecule has 1 aliphatic rings. The fourth-order valence-corrected chi connectivity index (χ4v) is 2.37. The number of hydrogen-bond acceptors (Lipinski definition) is 2. The maximum absolute atomic E-state index is 2.60. The first-order valence-corrected chi connectivity index (χ1v) is 5.78. The van der Waals surface area contributed by atoms with Crippen molar-refractivity contribution < 1.29 is 0 Å². The van der Waals surface area contributed by atoms with Crippen molar-refractivity contribution in [2.75, 3.05) is 32.7 Å². The molecular formula is C11H24N2. The van der Waals surface area contributed by atoms with Crippen molar-refractivity contribution in [2.45, 2.75) is 39.7 Å². The molecule has 0 spiro atoms. The molecule has 0 amide bonds. The highest BCUT2D eigenvalue weighted by atomic mass is 15.2. The summed E-state index contributed by atoms with van der Waals surface area (Å²) in [4.78, 5) is 5.19.